The topological polar surface area (TPSA) is 56.3 Å². The van der Waals surface area contributed by atoms with Crippen molar-refractivity contribution >= 4 is 0 Å². The van der Waals surface area contributed by atoms with Gasteiger partial charge in [-0.25, -0.2) is 0 Å². The predicted molar refractivity (Wildman–Crippen MR) is 62.5 cm³/mol. The lowest BCUT2D eigenvalue weighted by atomic mass is 9.87. The summed E-state index contributed by atoms with van der Waals surface area (Å²) in [5.74, 6) is 0.636. The summed E-state index contributed by atoms with van der Waals surface area (Å²) in [7, 11) is 2.05. The number of likely N-dealkylation sites (N-methyl/N-ethyl adjacent to an activating group) is 1. The van der Waals surface area contributed by atoms with Crippen molar-refractivity contribution in [2.45, 2.75) is 12.3 Å². The molecule has 1 saturated heterocycles. The van der Waals surface area contributed by atoms with Gasteiger partial charge < -0.3 is 15.0 Å². The molecule has 0 radical (unpaired) electrons. The zero-order valence-corrected chi connectivity index (χ0v) is 9.52. The van der Waals surface area contributed by atoms with Crippen LogP contribution in [0.5, 0.6) is 0 Å². The van der Waals surface area contributed by atoms with Gasteiger partial charge in [-0.15, -0.1) is 0 Å². The van der Waals surface area contributed by atoms with E-state index in [2.05, 4.69) is 16.9 Å². The van der Waals surface area contributed by atoms with Gasteiger partial charge in [0.2, 0.25) is 5.56 Å². The first kappa shape index (κ1) is 11.4. The van der Waals surface area contributed by atoms with Crippen molar-refractivity contribution in [2.75, 3.05) is 26.7 Å². The molecular formula is C12H18N2O2. The van der Waals surface area contributed by atoms with Crippen molar-refractivity contribution in [1.82, 2.24) is 9.88 Å². The normalized spacial score (nSPS) is 26.9. The van der Waals surface area contributed by atoms with E-state index in [1.54, 1.807) is 6.07 Å². The lowest BCUT2D eigenvalue weighted by molar-refractivity contribution is 0.124. The molecule has 0 amide bonds. The van der Waals surface area contributed by atoms with Crippen LogP contribution < -0.4 is 5.56 Å². The molecule has 0 saturated carbocycles. The molecule has 0 aromatic carbocycles. The minimum absolute atomic E-state index is 0.0497. The standard InChI is InChI=1S/C12H18N2O2/c1-14-6-9(8-15)5-10(7-14)11-3-2-4-12(16)13-11/h2-4,9-10,15H,5-8H2,1H3,(H,13,16). The summed E-state index contributed by atoms with van der Waals surface area (Å²) in [6.07, 6.45) is 0.945. The molecule has 2 rings (SSSR count). The highest BCUT2D eigenvalue weighted by Crippen LogP contribution is 2.27. The van der Waals surface area contributed by atoms with Gasteiger partial charge in [0.25, 0.3) is 0 Å². The summed E-state index contributed by atoms with van der Waals surface area (Å²) in [5.41, 5.74) is 0.934. The Morgan fingerprint density at radius 1 is 1.50 bits per heavy atom. The van der Waals surface area contributed by atoms with Gasteiger partial charge in [-0.1, -0.05) is 6.07 Å². The van der Waals surface area contributed by atoms with Crippen molar-refractivity contribution < 1.29 is 5.11 Å². The summed E-state index contributed by atoms with van der Waals surface area (Å²) in [6, 6.07) is 5.27. The molecule has 1 aliphatic heterocycles. The average molecular weight is 222 g/mol. The molecule has 1 aromatic rings. The van der Waals surface area contributed by atoms with Gasteiger partial charge in [-0.3, -0.25) is 4.79 Å². The number of pyridine rings is 1. The summed E-state index contributed by atoms with van der Waals surface area (Å²) in [5, 5.41) is 9.23. The van der Waals surface area contributed by atoms with E-state index >= 15 is 0 Å². The molecule has 0 bridgehead atoms. The van der Waals surface area contributed by atoms with Gasteiger partial charge in [0.15, 0.2) is 0 Å². The monoisotopic (exact) mass is 222 g/mol. The quantitative estimate of drug-likeness (QED) is 0.761. The van der Waals surface area contributed by atoms with Gasteiger partial charge in [-0.2, -0.15) is 0 Å². The number of hydrogen-bond donors (Lipinski definition) is 2. The minimum atomic E-state index is -0.0497. The molecule has 16 heavy (non-hydrogen) atoms. The highest BCUT2D eigenvalue weighted by Gasteiger charge is 2.26. The van der Waals surface area contributed by atoms with Crippen molar-refractivity contribution in [3.8, 4) is 0 Å². The lowest BCUT2D eigenvalue weighted by Gasteiger charge is -2.34. The fourth-order valence-corrected chi connectivity index (χ4v) is 2.50. The molecule has 4 heteroatoms. The van der Waals surface area contributed by atoms with Crippen LogP contribution in [0.2, 0.25) is 0 Å². The summed E-state index contributed by atoms with van der Waals surface area (Å²) >= 11 is 0. The number of piperidine rings is 1. The molecular weight excluding hydrogens is 204 g/mol. The third kappa shape index (κ3) is 2.51. The number of nitrogens with zero attached hydrogens (tertiary/aromatic N) is 1. The van der Waals surface area contributed by atoms with Crippen LogP contribution in [-0.2, 0) is 0 Å². The number of rotatable bonds is 2. The van der Waals surface area contributed by atoms with Crippen molar-refractivity contribution in [3.05, 3.63) is 34.2 Å². The van der Waals surface area contributed by atoms with Crippen molar-refractivity contribution in [1.29, 1.82) is 0 Å². The maximum Gasteiger partial charge on any atom is 0.248 e. The molecule has 2 atom stereocenters. The Hall–Kier alpha value is -1.13. The first-order valence-corrected chi connectivity index (χ1v) is 5.67. The summed E-state index contributed by atoms with van der Waals surface area (Å²) < 4.78 is 0. The number of hydrogen-bond acceptors (Lipinski definition) is 3. The van der Waals surface area contributed by atoms with Crippen LogP contribution in [0.3, 0.4) is 0 Å². The number of aromatic amines is 1. The first-order chi connectivity index (χ1) is 7.69. The minimum Gasteiger partial charge on any atom is -0.396 e. The molecule has 1 aliphatic rings. The van der Waals surface area contributed by atoms with Gasteiger partial charge in [0, 0.05) is 37.4 Å². The number of aromatic nitrogens is 1. The SMILES string of the molecule is CN1CC(CO)CC(c2cccc(=O)[nH]2)C1. The zero-order chi connectivity index (χ0) is 11.5. The number of aliphatic hydroxyl groups excluding tert-OH is 1. The molecule has 2 N–H and O–H groups in total. The maximum atomic E-state index is 11.2. The highest BCUT2D eigenvalue weighted by molar-refractivity contribution is 5.11. The smallest absolute Gasteiger partial charge is 0.248 e. The first-order valence-electron chi connectivity index (χ1n) is 5.67. The van der Waals surface area contributed by atoms with E-state index in [4.69, 9.17) is 0 Å². The van der Waals surface area contributed by atoms with Gasteiger partial charge in [-0.05, 0) is 25.5 Å². The molecule has 0 aliphatic carbocycles. The Labute approximate surface area is 94.9 Å². The van der Waals surface area contributed by atoms with Crippen LogP contribution in [0.1, 0.15) is 18.0 Å². The number of H-pyrrole nitrogens is 1. The van der Waals surface area contributed by atoms with Crippen LogP contribution in [-0.4, -0.2) is 41.7 Å². The molecule has 1 fully saturated rings. The molecule has 2 heterocycles. The number of likely N-dealkylation sites (tertiary alicyclic amines) is 1. The van der Waals surface area contributed by atoms with Crippen molar-refractivity contribution in [3.63, 3.8) is 0 Å². The Bertz CT molecular complexity index is 402. The van der Waals surface area contributed by atoms with Gasteiger partial charge in [0.05, 0.1) is 0 Å². The van der Waals surface area contributed by atoms with Crippen LogP contribution in [0.4, 0.5) is 0 Å². The fourth-order valence-electron chi connectivity index (χ4n) is 2.50. The summed E-state index contributed by atoms with van der Waals surface area (Å²) in [4.78, 5) is 16.3. The number of aliphatic hydroxyl groups is 1. The Kier molecular flexibility index (Phi) is 3.41. The van der Waals surface area contributed by atoms with Crippen molar-refractivity contribution in [2.24, 2.45) is 5.92 Å². The van der Waals surface area contributed by atoms with Crippen LogP contribution in [0, 0.1) is 5.92 Å². The predicted octanol–water partition coefficient (Wildman–Crippen LogP) is 0.402. The van der Waals surface area contributed by atoms with E-state index < -0.39 is 0 Å². The lowest BCUT2D eigenvalue weighted by Crippen LogP contribution is -2.38. The largest absolute Gasteiger partial charge is 0.396 e. The van der Waals surface area contributed by atoms with Gasteiger partial charge >= 0.3 is 0 Å². The van der Waals surface area contributed by atoms with Crippen LogP contribution in [0.25, 0.3) is 0 Å². The third-order valence-corrected chi connectivity index (χ3v) is 3.21. The molecule has 4 nitrogen and oxygen atoms in total. The van der Waals surface area contributed by atoms with Gasteiger partial charge in [0.1, 0.15) is 0 Å². The molecule has 0 spiro atoms. The highest BCUT2D eigenvalue weighted by atomic mass is 16.3. The second-order valence-corrected chi connectivity index (χ2v) is 4.67. The molecule has 2 unspecified atom stereocenters. The Balaban J connectivity index is 2.17. The Morgan fingerprint density at radius 3 is 3.00 bits per heavy atom. The second-order valence-electron chi connectivity index (χ2n) is 4.67. The van der Waals surface area contributed by atoms with E-state index in [-0.39, 0.29) is 12.2 Å². The fraction of sp³-hybridized carbons (Fsp3) is 0.583. The second kappa shape index (κ2) is 4.80. The Morgan fingerprint density at radius 2 is 2.31 bits per heavy atom. The van der Waals surface area contributed by atoms with E-state index in [1.165, 1.54) is 6.07 Å². The zero-order valence-electron chi connectivity index (χ0n) is 9.52. The average Bonchev–Trinajstić information content (AvgIpc) is 2.28. The van der Waals surface area contributed by atoms with Crippen LogP contribution >= 0.6 is 0 Å². The van der Waals surface area contributed by atoms with E-state index in [9.17, 15) is 9.90 Å². The third-order valence-electron chi connectivity index (χ3n) is 3.21. The van der Waals surface area contributed by atoms with E-state index in [0.717, 1.165) is 25.2 Å². The molecule has 1 aromatic heterocycles. The molecule has 88 valence electrons. The maximum absolute atomic E-state index is 11.2. The summed E-state index contributed by atoms with van der Waals surface area (Å²) in [6.45, 7) is 2.10. The number of nitrogens with one attached hydrogen (secondary N) is 1. The van der Waals surface area contributed by atoms with E-state index in [1.807, 2.05) is 6.07 Å². The van der Waals surface area contributed by atoms with E-state index in [0.29, 0.717) is 11.8 Å². The van der Waals surface area contributed by atoms with Crippen LogP contribution in [0.15, 0.2) is 23.0 Å².